The van der Waals surface area contributed by atoms with Crippen molar-refractivity contribution in [1.82, 2.24) is 10.0 Å². The Morgan fingerprint density at radius 1 is 1.44 bits per heavy atom. The summed E-state index contributed by atoms with van der Waals surface area (Å²) in [4.78, 5) is 0. The molecule has 0 spiro atoms. The highest BCUT2D eigenvalue weighted by Gasteiger charge is 2.20. The molecule has 1 aliphatic carbocycles. The lowest BCUT2D eigenvalue weighted by Gasteiger charge is -2.05. The normalized spacial score (nSPS) is 16.1. The van der Waals surface area contributed by atoms with Crippen LogP contribution in [0.2, 0.25) is 0 Å². The largest absolute Gasteiger partial charge is 0.314 e. The van der Waals surface area contributed by atoms with E-state index in [2.05, 4.69) is 26.0 Å². The summed E-state index contributed by atoms with van der Waals surface area (Å²) in [6.45, 7) is 3.25. The monoisotopic (exact) mass is 352 g/mol. The molecule has 1 aromatic rings. The summed E-state index contributed by atoms with van der Waals surface area (Å²) in [6, 6.07) is 2.37. The average molecular weight is 353 g/mol. The second kappa shape index (κ2) is 6.00. The molecule has 102 valence electrons. The van der Waals surface area contributed by atoms with E-state index in [1.807, 2.05) is 6.92 Å². The van der Waals surface area contributed by atoms with Crippen molar-refractivity contribution in [1.29, 1.82) is 0 Å². The fourth-order valence-electron chi connectivity index (χ4n) is 1.52. The summed E-state index contributed by atoms with van der Waals surface area (Å²) in [5, 5.41) is 3.36. The highest BCUT2D eigenvalue weighted by atomic mass is 79.9. The van der Waals surface area contributed by atoms with Crippen molar-refractivity contribution < 1.29 is 8.42 Å². The van der Waals surface area contributed by atoms with Gasteiger partial charge < -0.3 is 5.32 Å². The number of rotatable bonds is 7. The maximum atomic E-state index is 12.0. The molecule has 2 N–H and O–H groups in total. The Kier molecular flexibility index (Phi) is 4.82. The summed E-state index contributed by atoms with van der Waals surface area (Å²) >= 11 is 4.59. The van der Waals surface area contributed by atoms with Crippen LogP contribution in [0.3, 0.4) is 0 Å². The van der Waals surface area contributed by atoms with E-state index in [1.54, 1.807) is 6.07 Å². The van der Waals surface area contributed by atoms with Gasteiger partial charge in [0.2, 0.25) is 10.0 Å². The molecule has 18 heavy (non-hydrogen) atoms. The van der Waals surface area contributed by atoms with E-state index in [1.165, 1.54) is 24.2 Å². The average Bonchev–Trinajstić information content (AvgIpc) is 3.05. The topological polar surface area (TPSA) is 58.2 Å². The van der Waals surface area contributed by atoms with Crippen LogP contribution < -0.4 is 10.0 Å². The van der Waals surface area contributed by atoms with Crippen LogP contribution in [0.15, 0.2) is 14.1 Å². The fraction of sp³-hybridized carbons (Fsp3) is 0.636. The van der Waals surface area contributed by atoms with Crippen molar-refractivity contribution in [2.45, 2.75) is 36.4 Å². The number of hydrogen-bond acceptors (Lipinski definition) is 4. The predicted octanol–water partition coefficient (Wildman–Crippen LogP) is 2.24. The van der Waals surface area contributed by atoms with E-state index in [9.17, 15) is 8.42 Å². The van der Waals surface area contributed by atoms with E-state index in [0.717, 1.165) is 22.3 Å². The van der Waals surface area contributed by atoms with Gasteiger partial charge in [0.15, 0.2) is 0 Å². The quantitative estimate of drug-likeness (QED) is 0.739. The van der Waals surface area contributed by atoms with E-state index in [-0.39, 0.29) is 0 Å². The first kappa shape index (κ1) is 14.5. The number of nitrogens with one attached hydrogen (secondary N) is 2. The number of hydrogen-bond donors (Lipinski definition) is 2. The van der Waals surface area contributed by atoms with E-state index < -0.39 is 10.0 Å². The van der Waals surface area contributed by atoms with Crippen LogP contribution in [0, 0.1) is 6.92 Å². The minimum absolute atomic E-state index is 0.377. The molecule has 0 aliphatic heterocycles. The summed E-state index contributed by atoms with van der Waals surface area (Å²) in [6.07, 6.45) is 3.34. The molecular weight excluding hydrogens is 336 g/mol. The van der Waals surface area contributed by atoms with Crippen LogP contribution in [-0.4, -0.2) is 27.5 Å². The SMILES string of the molecule is Cc1cc(S(=O)(=O)NCCCNC2CC2)sc1Br. The Hall–Kier alpha value is 0.0500. The van der Waals surface area contributed by atoms with Crippen molar-refractivity contribution in [2.24, 2.45) is 0 Å². The lowest BCUT2D eigenvalue weighted by atomic mass is 10.4. The van der Waals surface area contributed by atoms with Gasteiger partial charge in [0.05, 0.1) is 3.79 Å². The highest BCUT2D eigenvalue weighted by molar-refractivity contribution is 9.11. The fourth-order valence-corrected chi connectivity index (χ4v) is 4.87. The third kappa shape index (κ3) is 4.03. The Labute approximate surface area is 120 Å². The molecule has 0 unspecified atom stereocenters. The third-order valence-electron chi connectivity index (χ3n) is 2.76. The minimum Gasteiger partial charge on any atom is -0.314 e. The van der Waals surface area contributed by atoms with Gasteiger partial charge in [-0.15, -0.1) is 11.3 Å². The maximum Gasteiger partial charge on any atom is 0.250 e. The summed E-state index contributed by atoms with van der Waals surface area (Å²) < 4.78 is 27.8. The van der Waals surface area contributed by atoms with Gasteiger partial charge in [-0.05, 0) is 60.3 Å². The Bertz CT molecular complexity index is 490. The zero-order valence-electron chi connectivity index (χ0n) is 10.2. The van der Waals surface area contributed by atoms with E-state index in [4.69, 9.17) is 0 Å². The van der Waals surface area contributed by atoms with Gasteiger partial charge in [0.1, 0.15) is 4.21 Å². The lowest BCUT2D eigenvalue weighted by Crippen LogP contribution is -2.27. The molecule has 0 aromatic carbocycles. The van der Waals surface area contributed by atoms with Gasteiger partial charge in [0.25, 0.3) is 0 Å². The predicted molar refractivity (Wildman–Crippen MR) is 77.6 cm³/mol. The van der Waals surface area contributed by atoms with Crippen LogP contribution in [0.25, 0.3) is 0 Å². The van der Waals surface area contributed by atoms with Crippen molar-refractivity contribution in [2.75, 3.05) is 13.1 Å². The number of halogens is 1. The smallest absolute Gasteiger partial charge is 0.250 e. The molecule has 0 bridgehead atoms. The molecule has 1 aliphatic rings. The number of aryl methyl sites for hydroxylation is 1. The van der Waals surface area contributed by atoms with Crippen molar-refractivity contribution >= 4 is 37.3 Å². The zero-order chi connectivity index (χ0) is 13.2. The standard InChI is InChI=1S/C11H17BrN2O2S2/c1-8-7-10(17-11(8)12)18(15,16)14-6-2-5-13-9-3-4-9/h7,9,13-14H,2-6H2,1H3. The van der Waals surface area contributed by atoms with Crippen LogP contribution in [0.4, 0.5) is 0 Å². The third-order valence-corrected chi connectivity index (χ3v) is 6.83. The Morgan fingerprint density at radius 2 is 2.17 bits per heavy atom. The molecule has 0 radical (unpaired) electrons. The second-order valence-corrected chi connectivity index (χ2v) is 8.87. The van der Waals surface area contributed by atoms with Gasteiger partial charge in [-0.1, -0.05) is 0 Å². The number of thiophene rings is 1. The molecule has 1 aromatic heterocycles. The molecule has 1 fully saturated rings. The van der Waals surface area contributed by atoms with Gasteiger partial charge in [-0.25, -0.2) is 13.1 Å². The van der Waals surface area contributed by atoms with Gasteiger partial charge in [-0.3, -0.25) is 0 Å². The van der Waals surface area contributed by atoms with E-state index >= 15 is 0 Å². The first-order valence-corrected chi connectivity index (χ1v) is 9.07. The molecule has 0 amide bonds. The van der Waals surface area contributed by atoms with Gasteiger partial charge in [-0.2, -0.15) is 0 Å². The highest BCUT2D eigenvalue weighted by Crippen LogP contribution is 2.30. The molecule has 1 saturated carbocycles. The van der Waals surface area contributed by atoms with Gasteiger partial charge >= 0.3 is 0 Å². The molecule has 0 saturated heterocycles. The minimum atomic E-state index is -3.34. The Morgan fingerprint density at radius 3 is 2.72 bits per heavy atom. The van der Waals surface area contributed by atoms with Crippen LogP contribution in [-0.2, 0) is 10.0 Å². The molecule has 2 rings (SSSR count). The van der Waals surface area contributed by atoms with Crippen LogP contribution >= 0.6 is 27.3 Å². The van der Waals surface area contributed by atoms with Crippen LogP contribution in [0.5, 0.6) is 0 Å². The number of sulfonamides is 1. The lowest BCUT2D eigenvalue weighted by molar-refractivity contribution is 0.575. The van der Waals surface area contributed by atoms with Crippen molar-refractivity contribution in [3.05, 3.63) is 15.4 Å². The zero-order valence-corrected chi connectivity index (χ0v) is 13.4. The summed E-state index contributed by atoms with van der Waals surface area (Å²) in [7, 11) is -3.34. The Balaban J connectivity index is 1.79. The van der Waals surface area contributed by atoms with E-state index in [0.29, 0.717) is 16.8 Å². The van der Waals surface area contributed by atoms with Crippen molar-refractivity contribution in [3.63, 3.8) is 0 Å². The van der Waals surface area contributed by atoms with Crippen LogP contribution in [0.1, 0.15) is 24.8 Å². The molecule has 0 atom stereocenters. The summed E-state index contributed by atoms with van der Waals surface area (Å²) in [5.74, 6) is 0. The molecule has 7 heteroatoms. The first-order valence-electron chi connectivity index (χ1n) is 5.98. The molecular formula is C11H17BrN2O2S2. The molecule has 1 heterocycles. The second-order valence-electron chi connectivity index (χ2n) is 4.50. The first-order chi connectivity index (χ1) is 8.49. The van der Waals surface area contributed by atoms with Crippen molar-refractivity contribution in [3.8, 4) is 0 Å². The summed E-state index contributed by atoms with van der Waals surface area (Å²) in [5.41, 5.74) is 0.954. The molecule has 4 nitrogen and oxygen atoms in total. The van der Waals surface area contributed by atoms with Gasteiger partial charge in [0, 0.05) is 12.6 Å². The maximum absolute atomic E-state index is 12.0.